The molecule has 30 heavy (non-hydrogen) atoms. The Morgan fingerprint density at radius 1 is 0.867 bits per heavy atom. The highest BCUT2D eigenvalue weighted by Crippen LogP contribution is 2.44. The third kappa shape index (κ3) is 2.12. The fraction of sp³-hybridized carbons (Fsp3) is 0.148. The van der Waals surface area contributed by atoms with E-state index in [-0.39, 0.29) is 0 Å². The molecule has 3 heteroatoms. The SMILES string of the molecule is [2H]c1cc(C)cc(-n2c3ccccc3c3c4c(oc5ccccc54)c(C)c(C)c32)[n+]1C. The molecule has 0 atom stereocenters. The molecule has 0 radical (unpaired) electrons. The van der Waals surface area contributed by atoms with Crippen molar-refractivity contribution in [3.8, 4) is 5.82 Å². The van der Waals surface area contributed by atoms with Gasteiger partial charge in [0.25, 0.3) is 5.82 Å². The van der Waals surface area contributed by atoms with Crippen molar-refractivity contribution in [2.45, 2.75) is 20.8 Å². The number of pyridine rings is 1. The molecule has 0 aliphatic heterocycles. The van der Waals surface area contributed by atoms with Crippen LogP contribution >= 0.6 is 0 Å². The maximum atomic E-state index is 8.46. The Bertz CT molecular complexity index is 1690. The summed E-state index contributed by atoms with van der Waals surface area (Å²) in [5, 5.41) is 4.73. The fourth-order valence-electron chi connectivity index (χ4n) is 4.81. The first kappa shape index (κ1) is 16.2. The van der Waals surface area contributed by atoms with Crippen LogP contribution in [0.5, 0.6) is 0 Å². The minimum atomic E-state index is 0.491. The summed E-state index contributed by atoms with van der Waals surface area (Å²) in [5.74, 6) is 0.992. The van der Waals surface area contributed by atoms with Crippen LogP contribution in [-0.4, -0.2) is 4.57 Å². The third-order valence-electron chi connectivity index (χ3n) is 6.39. The van der Waals surface area contributed by atoms with Gasteiger partial charge in [0.1, 0.15) is 23.6 Å². The Hall–Kier alpha value is -3.59. The summed E-state index contributed by atoms with van der Waals surface area (Å²) in [6.07, 6.45) is 0.491. The van der Waals surface area contributed by atoms with Crippen LogP contribution in [-0.2, 0) is 7.05 Å². The van der Waals surface area contributed by atoms with Crippen LogP contribution < -0.4 is 4.57 Å². The molecule has 0 fully saturated rings. The van der Waals surface area contributed by atoms with Crippen LogP contribution in [0.3, 0.4) is 0 Å². The van der Waals surface area contributed by atoms with Gasteiger partial charge >= 0.3 is 0 Å². The van der Waals surface area contributed by atoms with Gasteiger partial charge in [-0.3, -0.25) is 0 Å². The largest absolute Gasteiger partial charge is 0.456 e. The van der Waals surface area contributed by atoms with Crippen molar-refractivity contribution in [2.75, 3.05) is 0 Å². The van der Waals surface area contributed by atoms with Crippen molar-refractivity contribution in [2.24, 2.45) is 7.05 Å². The molecule has 0 spiro atoms. The lowest BCUT2D eigenvalue weighted by atomic mass is 9.98. The average molecular weight is 393 g/mol. The lowest BCUT2D eigenvalue weighted by Gasteiger charge is -2.08. The van der Waals surface area contributed by atoms with E-state index in [1.165, 1.54) is 27.2 Å². The minimum absolute atomic E-state index is 0.491. The maximum Gasteiger partial charge on any atom is 0.286 e. The predicted molar refractivity (Wildman–Crippen MR) is 123 cm³/mol. The van der Waals surface area contributed by atoms with E-state index >= 15 is 0 Å². The van der Waals surface area contributed by atoms with Crippen LogP contribution in [0.2, 0.25) is 0 Å². The van der Waals surface area contributed by atoms with E-state index < -0.39 is 0 Å². The van der Waals surface area contributed by atoms with Gasteiger partial charge in [0.15, 0.2) is 0 Å². The Morgan fingerprint density at radius 2 is 1.60 bits per heavy atom. The highest BCUT2D eigenvalue weighted by molar-refractivity contribution is 6.28. The summed E-state index contributed by atoms with van der Waals surface area (Å²) in [6, 6.07) is 20.9. The molecule has 0 saturated carbocycles. The molecule has 6 rings (SSSR count). The molecule has 0 aliphatic rings. The molecule has 6 aromatic rings. The summed E-state index contributed by atoms with van der Waals surface area (Å²) in [6.45, 7) is 6.38. The Labute approximate surface area is 176 Å². The standard InChI is InChI=1S/C27H23N2O/c1-16-13-14-28(4)23(15-16)29-21-11-7-5-9-19(21)24-25-20-10-6-8-12-22(20)30-27(25)18(3)17(2)26(24)29/h5-15H,1-4H3/q+1/i14D. The van der Waals surface area contributed by atoms with E-state index in [4.69, 9.17) is 5.79 Å². The molecular formula is C27H23N2O+. The second-order valence-electron chi connectivity index (χ2n) is 8.21. The van der Waals surface area contributed by atoms with Gasteiger partial charge < -0.3 is 4.42 Å². The first-order chi connectivity index (χ1) is 15.0. The minimum Gasteiger partial charge on any atom is -0.456 e. The van der Waals surface area contributed by atoms with Crippen molar-refractivity contribution >= 4 is 43.7 Å². The molecule has 0 amide bonds. The molecule has 146 valence electrons. The number of nitrogens with zero attached hydrogens (tertiary/aromatic N) is 2. The number of aromatic nitrogens is 2. The molecule has 0 saturated heterocycles. The Kier molecular flexibility index (Phi) is 3.22. The zero-order chi connectivity index (χ0) is 21.4. The molecule has 0 unspecified atom stereocenters. The molecular weight excluding hydrogens is 368 g/mol. The zero-order valence-electron chi connectivity index (χ0n) is 18.6. The summed E-state index contributed by atoms with van der Waals surface area (Å²) in [5.41, 5.74) is 7.63. The van der Waals surface area contributed by atoms with E-state index in [9.17, 15) is 0 Å². The fourth-order valence-corrected chi connectivity index (χ4v) is 4.81. The number of furan rings is 1. The monoisotopic (exact) mass is 392 g/mol. The van der Waals surface area contributed by atoms with Crippen molar-refractivity contribution in [3.05, 3.63) is 83.5 Å². The van der Waals surface area contributed by atoms with Gasteiger partial charge in [-0.15, -0.1) is 0 Å². The van der Waals surface area contributed by atoms with Crippen LogP contribution in [0, 0.1) is 20.8 Å². The quantitative estimate of drug-likeness (QED) is 0.295. The van der Waals surface area contributed by atoms with Crippen LogP contribution in [0.15, 0.2) is 71.3 Å². The number of fused-ring (bicyclic) bond motifs is 7. The van der Waals surface area contributed by atoms with Crippen LogP contribution in [0.25, 0.3) is 49.6 Å². The highest BCUT2D eigenvalue weighted by atomic mass is 16.3. The zero-order valence-corrected chi connectivity index (χ0v) is 17.6. The van der Waals surface area contributed by atoms with Gasteiger partial charge in [0.05, 0.1) is 13.2 Å². The summed E-state index contributed by atoms with van der Waals surface area (Å²) < 4.78 is 19.1. The van der Waals surface area contributed by atoms with Crippen LogP contribution in [0.4, 0.5) is 0 Å². The van der Waals surface area contributed by atoms with Gasteiger partial charge in [0, 0.05) is 33.2 Å². The first-order valence-corrected chi connectivity index (χ1v) is 10.3. The Balaban J connectivity index is 1.97. The molecule has 0 aliphatic carbocycles. The van der Waals surface area contributed by atoms with E-state index in [0.29, 0.717) is 6.17 Å². The number of aryl methyl sites for hydroxylation is 3. The predicted octanol–water partition coefficient (Wildman–Crippen LogP) is 6.43. The molecule has 3 aromatic heterocycles. The number of rotatable bonds is 1. The molecule has 3 aromatic carbocycles. The normalized spacial score (nSPS) is 12.5. The van der Waals surface area contributed by atoms with E-state index in [1.54, 1.807) is 0 Å². The van der Waals surface area contributed by atoms with Crippen LogP contribution in [0.1, 0.15) is 18.1 Å². The van der Waals surface area contributed by atoms with E-state index in [0.717, 1.165) is 39.0 Å². The van der Waals surface area contributed by atoms with Crippen molar-refractivity contribution < 1.29 is 10.4 Å². The summed E-state index contributed by atoms with van der Waals surface area (Å²) in [4.78, 5) is 0. The molecule has 3 nitrogen and oxygen atoms in total. The molecule has 0 N–H and O–H groups in total. The number of benzene rings is 3. The summed E-state index contributed by atoms with van der Waals surface area (Å²) >= 11 is 0. The Morgan fingerprint density at radius 3 is 2.43 bits per heavy atom. The second-order valence-corrected chi connectivity index (χ2v) is 8.21. The molecule has 0 bridgehead atoms. The van der Waals surface area contributed by atoms with Crippen molar-refractivity contribution in [1.29, 1.82) is 0 Å². The number of hydrogen-bond donors (Lipinski definition) is 0. The summed E-state index contributed by atoms with van der Waals surface area (Å²) in [7, 11) is 1.96. The highest BCUT2D eigenvalue weighted by Gasteiger charge is 2.27. The van der Waals surface area contributed by atoms with Gasteiger partial charge in [-0.05, 0) is 56.2 Å². The second kappa shape index (κ2) is 5.96. The van der Waals surface area contributed by atoms with Crippen molar-refractivity contribution in [3.63, 3.8) is 0 Å². The molecule has 3 heterocycles. The topological polar surface area (TPSA) is 21.9 Å². The number of para-hydroxylation sites is 2. The first-order valence-electron chi connectivity index (χ1n) is 10.8. The average Bonchev–Trinajstić information content (AvgIpc) is 3.31. The smallest absolute Gasteiger partial charge is 0.286 e. The van der Waals surface area contributed by atoms with Gasteiger partial charge in [-0.2, -0.15) is 4.57 Å². The van der Waals surface area contributed by atoms with Gasteiger partial charge in [0.2, 0.25) is 0 Å². The van der Waals surface area contributed by atoms with E-state index in [2.05, 4.69) is 67.8 Å². The lowest BCUT2D eigenvalue weighted by Crippen LogP contribution is -2.33. The maximum absolute atomic E-state index is 8.46. The van der Waals surface area contributed by atoms with E-state index in [1.807, 2.05) is 29.8 Å². The number of hydrogen-bond acceptors (Lipinski definition) is 1. The van der Waals surface area contributed by atoms with Crippen molar-refractivity contribution in [1.82, 2.24) is 4.57 Å². The lowest BCUT2D eigenvalue weighted by molar-refractivity contribution is -0.665. The third-order valence-corrected chi connectivity index (χ3v) is 6.39. The van der Waals surface area contributed by atoms with Gasteiger partial charge in [-0.1, -0.05) is 30.3 Å². The van der Waals surface area contributed by atoms with Gasteiger partial charge in [-0.25, -0.2) is 4.57 Å².